The van der Waals surface area contributed by atoms with Crippen LogP contribution in [0.15, 0.2) is 56.2 Å². The molecule has 1 aliphatic heterocycles. The minimum absolute atomic E-state index is 0.154. The summed E-state index contributed by atoms with van der Waals surface area (Å²) >= 11 is 2.34. The Morgan fingerprint density at radius 3 is 2.92 bits per heavy atom. The van der Waals surface area contributed by atoms with E-state index in [0.29, 0.717) is 21.4 Å². The third kappa shape index (κ3) is 2.84. The van der Waals surface area contributed by atoms with Crippen LogP contribution in [0.3, 0.4) is 0 Å². The first-order chi connectivity index (χ1) is 11.7. The zero-order valence-electron chi connectivity index (χ0n) is 12.1. The van der Waals surface area contributed by atoms with Crippen LogP contribution in [-0.4, -0.2) is 20.9 Å². The van der Waals surface area contributed by atoms with Gasteiger partial charge in [0.1, 0.15) is 0 Å². The van der Waals surface area contributed by atoms with Gasteiger partial charge in [-0.3, -0.25) is 9.78 Å². The van der Waals surface area contributed by atoms with Crippen molar-refractivity contribution in [3.05, 3.63) is 66.5 Å². The zero-order valence-corrected chi connectivity index (χ0v) is 13.8. The normalized spacial score (nSPS) is 16.7. The van der Waals surface area contributed by atoms with Crippen LogP contribution in [0.2, 0.25) is 0 Å². The first kappa shape index (κ1) is 14.7. The fourth-order valence-corrected chi connectivity index (χ4v) is 3.44. The average Bonchev–Trinajstić information content (AvgIpc) is 3.18. The standard InChI is InChI=1S/C16H10N4O2S2/c21-14-12(24-16(22)20-14)8-10-7-9-3-1-2-4-11(9)18-13(10)19-15-17-5-6-23-15/h1-8,21H,(H,20,22)/b10-8+,19-13+. The second kappa shape index (κ2) is 5.99. The van der Waals surface area contributed by atoms with Crippen LogP contribution < -0.4 is 15.4 Å². The lowest BCUT2D eigenvalue weighted by Crippen LogP contribution is -2.30. The Kier molecular flexibility index (Phi) is 3.68. The van der Waals surface area contributed by atoms with E-state index in [0.717, 1.165) is 21.9 Å². The summed E-state index contributed by atoms with van der Waals surface area (Å²) in [5.74, 6) is 0.335. The SMILES string of the molecule is O=c1[nH]c(O)c(/C=C2\C=c3ccccc3=N\C2=N\c2nccs2)s1. The number of aliphatic imine (C=N–C) groups is 1. The number of rotatable bonds is 2. The maximum atomic E-state index is 11.4. The monoisotopic (exact) mass is 354 g/mol. The molecule has 118 valence electrons. The number of benzene rings is 1. The highest BCUT2D eigenvalue weighted by Gasteiger charge is 2.12. The molecule has 0 fully saturated rings. The van der Waals surface area contributed by atoms with E-state index in [9.17, 15) is 9.90 Å². The van der Waals surface area contributed by atoms with Gasteiger partial charge in [-0.15, -0.1) is 11.3 Å². The molecule has 0 radical (unpaired) electrons. The molecular weight excluding hydrogens is 344 g/mol. The van der Waals surface area contributed by atoms with E-state index in [1.165, 1.54) is 11.3 Å². The van der Waals surface area contributed by atoms with Gasteiger partial charge >= 0.3 is 4.87 Å². The molecule has 1 aliphatic rings. The van der Waals surface area contributed by atoms with Gasteiger partial charge in [-0.1, -0.05) is 29.5 Å². The Hall–Kier alpha value is -2.84. The van der Waals surface area contributed by atoms with Gasteiger partial charge in [0.25, 0.3) is 0 Å². The molecule has 0 aliphatic carbocycles. The third-order valence-corrected chi connectivity index (χ3v) is 4.78. The number of para-hydroxylation sites is 1. The lowest BCUT2D eigenvalue weighted by Gasteiger charge is -2.07. The van der Waals surface area contributed by atoms with Gasteiger partial charge in [0.05, 0.1) is 10.2 Å². The van der Waals surface area contributed by atoms with E-state index in [4.69, 9.17) is 0 Å². The maximum Gasteiger partial charge on any atom is 0.307 e. The molecule has 3 aromatic rings. The fraction of sp³-hybridized carbons (Fsp3) is 0. The summed E-state index contributed by atoms with van der Waals surface area (Å²) in [5.41, 5.74) is 0.703. The number of thiazole rings is 2. The average molecular weight is 354 g/mol. The highest BCUT2D eigenvalue weighted by Crippen LogP contribution is 2.23. The molecule has 0 bridgehead atoms. The number of aromatic amines is 1. The van der Waals surface area contributed by atoms with E-state index in [-0.39, 0.29) is 10.8 Å². The van der Waals surface area contributed by atoms with Crippen molar-refractivity contribution in [1.82, 2.24) is 9.97 Å². The molecule has 0 atom stereocenters. The summed E-state index contributed by atoms with van der Waals surface area (Å²) in [5, 5.41) is 14.0. The molecule has 2 N–H and O–H groups in total. The molecule has 1 aromatic carbocycles. The minimum Gasteiger partial charge on any atom is -0.493 e. The van der Waals surface area contributed by atoms with Gasteiger partial charge in [-0.05, 0) is 18.2 Å². The van der Waals surface area contributed by atoms with Crippen molar-refractivity contribution in [1.29, 1.82) is 0 Å². The van der Waals surface area contributed by atoms with E-state index in [1.54, 1.807) is 12.3 Å². The molecule has 6 nitrogen and oxygen atoms in total. The topological polar surface area (TPSA) is 90.7 Å². The van der Waals surface area contributed by atoms with Crippen LogP contribution in [0.5, 0.6) is 5.88 Å². The molecule has 4 rings (SSSR count). The maximum absolute atomic E-state index is 11.4. The summed E-state index contributed by atoms with van der Waals surface area (Å²) in [6.45, 7) is 0. The highest BCUT2D eigenvalue weighted by atomic mass is 32.1. The number of nitrogens with one attached hydrogen (secondary N) is 1. The molecule has 8 heteroatoms. The second-order valence-corrected chi connectivity index (χ2v) is 6.78. The summed E-state index contributed by atoms with van der Waals surface area (Å²) in [4.78, 5) is 27.1. The highest BCUT2D eigenvalue weighted by molar-refractivity contribution is 7.13. The lowest BCUT2D eigenvalue weighted by molar-refractivity contribution is 0.455. The number of hydrogen-bond donors (Lipinski definition) is 2. The summed E-state index contributed by atoms with van der Waals surface area (Å²) in [7, 11) is 0. The molecule has 0 saturated heterocycles. The summed E-state index contributed by atoms with van der Waals surface area (Å²) < 4.78 is 0. The van der Waals surface area contributed by atoms with Gasteiger partial charge in [-0.25, -0.2) is 9.98 Å². The molecule has 3 heterocycles. The number of fused-ring (bicyclic) bond motifs is 1. The van der Waals surface area contributed by atoms with Crippen LogP contribution in [0.1, 0.15) is 4.88 Å². The number of aromatic nitrogens is 2. The quantitative estimate of drug-likeness (QED) is 0.735. The van der Waals surface area contributed by atoms with Crippen molar-refractivity contribution < 1.29 is 5.11 Å². The lowest BCUT2D eigenvalue weighted by atomic mass is 10.1. The van der Waals surface area contributed by atoms with Crippen LogP contribution in [0.4, 0.5) is 5.13 Å². The Balaban J connectivity index is 1.93. The van der Waals surface area contributed by atoms with Crippen molar-refractivity contribution >= 4 is 45.8 Å². The van der Waals surface area contributed by atoms with Crippen molar-refractivity contribution in [3.8, 4) is 5.88 Å². The van der Waals surface area contributed by atoms with E-state index in [1.807, 2.05) is 35.7 Å². The summed E-state index contributed by atoms with van der Waals surface area (Å²) in [6, 6.07) is 7.70. The number of nitrogens with zero attached hydrogens (tertiary/aromatic N) is 3. The van der Waals surface area contributed by atoms with Gasteiger partial charge in [0, 0.05) is 22.4 Å². The number of H-pyrrole nitrogens is 1. The van der Waals surface area contributed by atoms with Gasteiger partial charge in [0.15, 0.2) is 5.84 Å². The Labute approximate surface area is 143 Å². The van der Waals surface area contributed by atoms with Crippen molar-refractivity contribution in [2.24, 2.45) is 9.98 Å². The van der Waals surface area contributed by atoms with E-state index < -0.39 is 0 Å². The number of aromatic hydroxyl groups is 1. The van der Waals surface area contributed by atoms with E-state index in [2.05, 4.69) is 20.0 Å². The summed E-state index contributed by atoms with van der Waals surface area (Å²) in [6.07, 6.45) is 5.31. The molecule has 0 spiro atoms. The van der Waals surface area contributed by atoms with Gasteiger partial charge < -0.3 is 5.11 Å². The van der Waals surface area contributed by atoms with Crippen molar-refractivity contribution in [2.75, 3.05) is 0 Å². The molecule has 0 unspecified atom stereocenters. The molecule has 24 heavy (non-hydrogen) atoms. The fourth-order valence-electron chi connectivity index (χ4n) is 2.25. The van der Waals surface area contributed by atoms with Crippen molar-refractivity contribution in [2.45, 2.75) is 0 Å². The van der Waals surface area contributed by atoms with E-state index >= 15 is 0 Å². The first-order valence-corrected chi connectivity index (χ1v) is 8.66. The first-order valence-electron chi connectivity index (χ1n) is 6.97. The third-order valence-electron chi connectivity index (χ3n) is 3.30. The molecule has 0 amide bonds. The Morgan fingerprint density at radius 2 is 2.17 bits per heavy atom. The Morgan fingerprint density at radius 1 is 1.29 bits per heavy atom. The molecule has 2 aromatic heterocycles. The van der Waals surface area contributed by atoms with Crippen LogP contribution >= 0.6 is 22.7 Å². The van der Waals surface area contributed by atoms with Crippen LogP contribution in [-0.2, 0) is 0 Å². The largest absolute Gasteiger partial charge is 0.493 e. The molecular formula is C16H10N4O2S2. The van der Waals surface area contributed by atoms with Gasteiger partial charge in [-0.2, -0.15) is 4.99 Å². The van der Waals surface area contributed by atoms with Crippen molar-refractivity contribution in [3.63, 3.8) is 0 Å². The van der Waals surface area contributed by atoms with Crippen LogP contribution in [0.25, 0.3) is 12.2 Å². The zero-order chi connectivity index (χ0) is 16.5. The predicted octanol–water partition coefficient (Wildman–Crippen LogP) is 1.83. The van der Waals surface area contributed by atoms with Gasteiger partial charge in [0.2, 0.25) is 11.0 Å². The minimum atomic E-state index is -0.314. The Bertz CT molecular complexity index is 1140. The number of amidine groups is 1. The number of hydrogen-bond acceptors (Lipinski definition) is 6. The predicted molar refractivity (Wildman–Crippen MR) is 95.5 cm³/mol. The smallest absolute Gasteiger partial charge is 0.307 e. The second-order valence-electron chi connectivity index (χ2n) is 4.89. The van der Waals surface area contributed by atoms with Crippen LogP contribution in [0, 0.1) is 0 Å². The molecule has 0 saturated carbocycles.